The first-order chi connectivity index (χ1) is 69.5. The van der Waals surface area contributed by atoms with Crippen molar-refractivity contribution in [2.75, 3.05) is 0 Å². The summed E-state index contributed by atoms with van der Waals surface area (Å²) in [5.74, 6) is 4.47. The Morgan fingerprint density at radius 2 is 0.607 bits per heavy atom. The van der Waals surface area contributed by atoms with Gasteiger partial charge in [0.25, 0.3) is 28.2 Å². The summed E-state index contributed by atoms with van der Waals surface area (Å²) in [7, 11) is 10.9. The van der Waals surface area contributed by atoms with Gasteiger partial charge in [-0.05, 0) is 288 Å². The average Bonchev–Trinajstić information content (AvgIpc) is 1.58. The SMILES string of the molecule is Cc1cc(C(C)C)nc2c3ccccc3[n+]3c4ccc(C(C)C)cc4n(C)c3c12.Cc1cc(C(C)C)nc2c3ccccc3n3c4cc(C(C)C)ccc4[n+](C)c3c12.Cc1ccnc2c3c(C(C)C)c(C(C)C)ccc3n3c4ccccc4[n+](C)c3c12.Cc1ccnc2c3c(C(C)C)cc(C(C)C)cc3n3c4ccccc4[n+](C)c3c12.Cc1ccnc2c3c(C(C)C)ccc(C(C)C)c3n3c4ccccc4[n+](C)c3c12. The van der Waals surface area contributed by atoms with Crippen molar-refractivity contribution in [2.45, 2.75) is 232 Å². The molecule has 0 aliphatic heterocycles. The quantitative estimate of drug-likeness (QED) is 0.100. The van der Waals surface area contributed by atoms with Crippen molar-refractivity contribution in [1.82, 2.24) is 47.1 Å². The van der Waals surface area contributed by atoms with E-state index in [1.54, 1.807) is 0 Å². The van der Waals surface area contributed by atoms with Crippen LogP contribution in [0.4, 0.5) is 0 Å². The molecule has 0 fully saturated rings. The lowest BCUT2D eigenvalue weighted by molar-refractivity contribution is -0.617. The third-order valence-electron chi connectivity index (χ3n) is 31.5. The van der Waals surface area contributed by atoms with Gasteiger partial charge in [0.2, 0.25) is 0 Å². The maximum Gasteiger partial charge on any atom is 0.297 e. The Hall–Kier alpha value is -14.7. The number of imidazole rings is 5. The molecule has 0 bridgehead atoms. The van der Waals surface area contributed by atoms with Crippen LogP contribution in [-0.4, -0.2) is 47.1 Å². The van der Waals surface area contributed by atoms with Crippen LogP contribution in [0, 0.1) is 34.6 Å². The fourth-order valence-corrected chi connectivity index (χ4v) is 23.9. The highest BCUT2D eigenvalue weighted by Gasteiger charge is 2.36. The zero-order chi connectivity index (χ0) is 102. The molecule has 0 N–H and O–H groups in total. The van der Waals surface area contributed by atoms with Crippen molar-refractivity contribution in [3.8, 4) is 0 Å². The number of aryl methyl sites for hydroxylation is 10. The van der Waals surface area contributed by atoms with Crippen LogP contribution in [0.3, 0.4) is 0 Å². The van der Waals surface area contributed by atoms with Crippen molar-refractivity contribution in [3.63, 3.8) is 0 Å². The molecular formula is C130H140N15+5. The first kappa shape index (κ1) is 96.4. The van der Waals surface area contributed by atoms with Gasteiger partial charge in [-0.1, -0.05) is 236 Å². The first-order valence-electron chi connectivity index (χ1n) is 52.7. The second-order valence-electron chi connectivity index (χ2n) is 44.3. The van der Waals surface area contributed by atoms with Gasteiger partial charge in [0, 0.05) is 46.3 Å². The minimum Gasteiger partial charge on any atom is -0.255 e. The van der Waals surface area contributed by atoms with Gasteiger partial charge in [-0.3, -0.25) is 24.9 Å². The number of nitrogens with zero attached hydrogens (tertiary/aromatic N) is 15. The van der Waals surface area contributed by atoms with Crippen LogP contribution in [0.5, 0.6) is 0 Å². The number of pyridine rings is 10. The minimum absolute atomic E-state index is 0.404. The molecule has 0 unspecified atom stereocenters. The zero-order valence-corrected chi connectivity index (χ0v) is 90.6. The Bertz CT molecular complexity index is 9570. The summed E-state index contributed by atoms with van der Waals surface area (Å²) in [5.41, 5.74) is 50.2. The standard InChI is InChI=1S/5C26H28N3/c1-15(2)18-11-12-22-23(14-18)28(6)26-24-17(5)13-20(16(3)4)27-25(24)19-9-7-8-10-21(19)29(22)26;1-15(2)18-11-12-22-23(14-18)29-21-10-8-7-9-19(21)25-24(26(29)28(22)6)17(5)13-20(27-25)16(3)4;1-15(2)18-13-19(16(3)4)24-22(14-18)29-21-10-8-7-9-20(21)28(6)26(29)23-17(5)11-12-27-25(23)24;1-15(2)18-11-12-19(16(3)4)25-23(18)24-22(17(5)13-14-27-24)26-28(6)20-9-7-8-10-21(20)29(25)26;1-15(2)18-11-12-21-24(22(18)16(3)4)25-23(17(5)13-14-27-25)26-28(6)19-9-7-8-10-20(19)29(21)26/h5*7-16H,1-6H3/q5*+1. The predicted molar refractivity (Wildman–Crippen MR) is 609 cm³/mol. The van der Waals surface area contributed by atoms with Gasteiger partial charge < -0.3 is 0 Å². The monoisotopic (exact) mass is 1910 g/mol. The Kier molecular flexibility index (Phi) is 24.5. The topological polar surface area (TPSA) is 107 Å². The van der Waals surface area contributed by atoms with Gasteiger partial charge in [-0.2, -0.15) is 22.0 Å². The highest BCUT2D eigenvalue weighted by atomic mass is 15.2. The fraction of sp³-hybridized carbons (Fsp3) is 0.308. The number of aromatic nitrogens is 15. The Balaban J connectivity index is 0.000000107. The molecule has 25 rings (SSSR count). The Morgan fingerprint density at radius 1 is 0.234 bits per heavy atom. The molecule has 0 amide bonds. The lowest BCUT2D eigenvalue weighted by Crippen LogP contribution is -2.27. The number of para-hydroxylation sites is 8. The molecule has 25 aromatic rings. The average molecular weight is 1910 g/mol. The van der Waals surface area contributed by atoms with E-state index < -0.39 is 0 Å². The summed E-state index contributed by atoms with van der Waals surface area (Å²) in [6.45, 7) is 56.4. The summed E-state index contributed by atoms with van der Waals surface area (Å²) >= 11 is 0. The maximum absolute atomic E-state index is 5.14. The van der Waals surface area contributed by atoms with Crippen LogP contribution in [0.2, 0.25) is 0 Å². The highest BCUT2D eigenvalue weighted by Crippen LogP contribution is 2.46. The molecule has 15 heteroatoms. The van der Waals surface area contributed by atoms with E-state index in [9.17, 15) is 0 Å². The Morgan fingerprint density at radius 3 is 1.09 bits per heavy atom. The lowest BCUT2D eigenvalue weighted by atomic mass is 9.86. The van der Waals surface area contributed by atoms with Gasteiger partial charge in [-0.15, -0.1) is 0 Å². The Labute approximate surface area is 850 Å². The molecule has 145 heavy (non-hydrogen) atoms. The summed E-state index contributed by atoms with van der Waals surface area (Å²) < 4.78 is 23.9. The third kappa shape index (κ3) is 15.3. The first-order valence-corrected chi connectivity index (χ1v) is 52.7. The summed E-state index contributed by atoms with van der Waals surface area (Å²) in [6.07, 6.45) is 5.88. The van der Waals surface area contributed by atoms with Gasteiger partial charge in [0.1, 0.15) is 27.6 Å². The van der Waals surface area contributed by atoms with Crippen molar-refractivity contribution in [3.05, 3.63) is 327 Å². The van der Waals surface area contributed by atoms with Crippen LogP contribution in [0.1, 0.15) is 281 Å². The molecule has 730 valence electrons. The van der Waals surface area contributed by atoms with Crippen molar-refractivity contribution in [2.24, 2.45) is 35.2 Å². The highest BCUT2D eigenvalue weighted by molar-refractivity contribution is 6.18. The van der Waals surface area contributed by atoms with Crippen LogP contribution in [0.25, 0.3) is 192 Å². The van der Waals surface area contributed by atoms with E-state index in [0.717, 1.165) is 39.0 Å². The number of fused-ring (bicyclic) bond motifs is 40. The van der Waals surface area contributed by atoms with E-state index in [1.165, 1.54) is 237 Å². The van der Waals surface area contributed by atoms with Crippen molar-refractivity contribution >= 4 is 192 Å². The second-order valence-corrected chi connectivity index (χ2v) is 44.3. The minimum atomic E-state index is 0.404. The fourth-order valence-electron chi connectivity index (χ4n) is 23.9. The lowest BCUT2D eigenvalue weighted by Gasteiger charge is -2.19. The number of hydrogen-bond acceptors (Lipinski definition) is 5. The summed E-state index contributed by atoms with van der Waals surface area (Å²) in [6, 6.07) is 82.2. The molecule has 0 radical (unpaired) electrons. The molecular weight excluding hydrogens is 1770 g/mol. The van der Waals surface area contributed by atoms with E-state index in [4.69, 9.17) is 24.9 Å². The molecule has 0 saturated carbocycles. The normalized spacial score (nSPS) is 12.4. The second kappa shape index (κ2) is 36.9. The van der Waals surface area contributed by atoms with E-state index >= 15 is 0 Å². The number of hydrogen-bond donors (Lipinski definition) is 0. The number of rotatable bonds is 10. The van der Waals surface area contributed by atoms with Gasteiger partial charge >= 0.3 is 0 Å². The van der Waals surface area contributed by atoms with E-state index in [1.807, 2.05) is 18.6 Å². The molecule has 0 atom stereocenters. The molecule has 15 heterocycles. The maximum atomic E-state index is 5.14. The van der Waals surface area contributed by atoms with Gasteiger partial charge in [0.15, 0.2) is 55.2 Å². The van der Waals surface area contributed by atoms with E-state index in [-0.39, 0.29) is 0 Å². The van der Waals surface area contributed by atoms with Gasteiger partial charge in [-0.25, -0.2) is 22.8 Å². The summed E-state index contributed by atoms with van der Waals surface area (Å²) in [5, 5.41) is 12.6. The van der Waals surface area contributed by atoms with Crippen LogP contribution in [-0.2, 0) is 35.2 Å². The zero-order valence-electron chi connectivity index (χ0n) is 90.6. The molecule has 0 aliphatic rings. The molecule has 0 saturated heterocycles. The molecule has 10 aromatic carbocycles. The molecule has 15 aromatic heterocycles. The van der Waals surface area contributed by atoms with Crippen LogP contribution >= 0.6 is 0 Å². The van der Waals surface area contributed by atoms with Crippen LogP contribution < -0.4 is 22.7 Å². The largest absolute Gasteiger partial charge is 0.297 e. The van der Waals surface area contributed by atoms with E-state index in [0.29, 0.717) is 59.2 Å². The number of benzene rings is 10. The molecule has 0 spiro atoms. The predicted octanol–water partition coefficient (Wildman–Crippen LogP) is 30.9. The molecule has 0 aliphatic carbocycles. The smallest absolute Gasteiger partial charge is 0.255 e. The van der Waals surface area contributed by atoms with E-state index in [2.05, 4.69) is 478 Å². The van der Waals surface area contributed by atoms with Crippen molar-refractivity contribution < 1.29 is 22.7 Å². The van der Waals surface area contributed by atoms with Crippen molar-refractivity contribution in [1.29, 1.82) is 0 Å². The van der Waals surface area contributed by atoms with Gasteiger partial charge in [0.05, 0.1) is 106 Å². The third-order valence-corrected chi connectivity index (χ3v) is 31.5. The summed E-state index contributed by atoms with van der Waals surface area (Å²) in [4.78, 5) is 25.1. The van der Waals surface area contributed by atoms with Crippen LogP contribution in [0.15, 0.2) is 243 Å². The molecule has 15 nitrogen and oxygen atoms in total.